The predicted octanol–water partition coefficient (Wildman–Crippen LogP) is 2.11. The maximum atomic E-state index is 13.0. The Kier molecular flexibility index (Phi) is 7.90. The molecule has 23 heavy (non-hydrogen) atoms. The highest BCUT2D eigenvalue weighted by atomic mass is 35.5. The fourth-order valence-electron chi connectivity index (χ4n) is 1.85. The summed E-state index contributed by atoms with van der Waals surface area (Å²) in [4.78, 5) is 11.9. The van der Waals surface area contributed by atoms with Gasteiger partial charge in [0.15, 0.2) is 0 Å². The van der Waals surface area contributed by atoms with E-state index in [-0.39, 0.29) is 30.4 Å². The third-order valence-corrected chi connectivity index (χ3v) is 4.61. The Morgan fingerprint density at radius 1 is 1.39 bits per heavy atom. The van der Waals surface area contributed by atoms with Crippen LogP contribution in [0.3, 0.4) is 0 Å². The SMILES string of the molecule is COCCCN(CCC(=O)Nc1ccc(F)c(Cl)c1)S(C)(=O)=O. The standard InChI is InChI=1S/C14H20ClFN2O4S/c1-22-9-3-7-18(23(2,20)21)8-6-14(19)17-11-4-5-13(16)12(15)10-11/h4-5,10H,3,6-9H2,1-2H3,(H,17,19). The predicted molar refractivity (Wildman–Crippen MR) is 87.6 cm³/mol. The fourth-order valence-corrected chi connectivity index (χ4v) is 2.92. The molecular weight excluding hydrogens is 347 g/mol. The van der Waals surface area contributed by atoms with Crippen molar-refractivity contribution >= 4 is 33.2 Å². The summed E-state index contributed by atoms with van der Waals surface area (Å²) >= 11 is 5.63. The number of anilines is 1. The van der Waals surface area contributed by atoms with Crippen LogP contribution in [0.15, 0.2) is 18.2 Å². The molecule has 6 nitrogen and oxygen atoms in total. The van der Waals surface area contributed by atoms with E-state index in [0.29, 0.717) is 18.7 Å². The lowest BCUT2D eigenvalue weighted by Crippen LogP contribution is -2.34. The summed E-state index contributed by atoms with van der Waals surface area (Å²) in [6.07, 6.45) is 1.62. The van der Waals surface area contributed by atoms with Gasteiger partial charge in [-0.3, -0.25) is 4.79 Å². The van der Waals surface area contributed by atoms with E-state index in [1.165, 1.54) is 23.5 Å². The number of sulfonamides is 1. The zero-order valence-electron chi connectivity index (χ0n) is 13.0. The van der Waals surface area contributed by atoms with Gasteiger partial charge in [-0.1, -0.05) is 11.6 Å². The van der Waals surface area contributed by atoms with Gasteiger partial charge in [-0.05, 0) is 24.6 Å². The lowest BCUT2D eigenvalue weighted by molar-refractivity contribution is -0.116. The number of carbonyl (C=O) groups excluding carboxylic acids is 1. The number of nitrogens with zero attached hydrogens (tertiary/aromatic N) is 1. The van der Waals surface area contributed by atoms with Gasteiger partial charge in [0.25, 0.3) is 0 Å². The molecule has 0 unspecified atom stereocenters. The molecule has 0 atom stereocenters. The van der Waals surface area contributed by atoms with Crippen molar-refractivity contribution in [3.8, 4) is 0 Å². The molecule has 0 bridgehead atoms. The molecule has 0 aliphatic heterocycles. The van der Waals surface area contributed by atoms with Crippen molar-refractivity contribution in [3.05, 3.63) is 29.0 Å². The highest BCUT2D eigenvalue weighted by Crippen LogP contribution is 2.19. The molecule has 1 N–H and O–H groups in total. The average Bonchev–Trinajstić information content (AvgIpc) is 2.45. The van der Waals surface area contributed by atoms with Crippen LogP contribution >= 0.6 is 11.6 Å². The van der Waals surface area contributed by atoms with Gasteiger partial charge in [0, 0.05) is 38.9 Å². The number of halogens is 2. The lowest BCUT2D eigenvalue weighted by Gasteiger charge is -2.19. The summed E-state index contributed by atoms with van der Waals surface area (Å²) in [6, 6.07) is 3.82. The van der Waals surface area contributed by atoms with Crippen molar-refractivity contribution in [1.29, 1.82) is 0 Å². The first-order valence-electron chi connectivity index (χ1n) is 6.93. The van der Waals surface area contributed by atoms with Crippen molar-refractivity contribution < 1.29 is 22.3 Å². The number of nitrogens with one attached hydrogen (secondary N) is 1. The Morgan fingerprint density at radius 2 is 2.09 bits per heavy atom. The molecular formula is C14H20ClFN2O4S. The average molecular weight is 367 g/mol. The quantitative estimate of drug-likeness (QED) is 0.679. The maximum absolute atomic E-state index is 13.0. The van der Waals surface area contributed by atoms with Crippen LogP contribution in [0, 0.1) is 5.82 Å². The molecule has 130 valence electrons. The normalized spacial score (nSPS) is 11.7. The summed E-state index contributed by atoms with van der Waals surface area (Å²) in [5.41, 5.74) is 0.353. The van der Waals surface area contributed by atoms with Crippen molar-refractivity contribution in [1.82, 2.24) is 4.31 Å². The van der Waals surface area contributed by atoms with E-state index in [1.54, 1.807) is 0 Å². The van der Waals surface area contributed by atoms with Crippen LogP contribution in [0.2, 0.25) is 5.02 Å². The number of hydrogen-bond acceptors (Lipinski definition) is 4. The first-order valence-corrected chi connectivity index (χ1v) is 9.15. The minimum Gasteiger partial charge on any atom is -0.385 e. The first kappa shape index (κ1) is 19.8. The van der Waals surface area contributed by atoms with Gasteiger partial charge in [-0.25, -0.2) is 17.1 Å². The summed E-state index contributed by atoms with van der Waals surface area (Å²) in [6.45, 7) is 0.776. The molecule has 0 spiro atoms. The number of methoxy groups -OCH3 is 1. The van der Waals surface area contributed by atoms with Gasteiger partial charge < -0.3 is 10.1 Å². The van der Waals surface area contributed by atoms with E-state index in [4.69, 9.17) is 16.3 Å². The molecule has 1 aromatic carbocycles. The van der Waals surface area contributed by atoms with E-state index in [2.05, 4.69) is 5.32 Å². The molecule has 1 rings (SSSR count). The van der Waals surface area contributed by atoms with Crippen molar-refractivity contribution in [2.24, 2.45) is 0 Å². The summed E-state index contributed by atoms with van der Waals surface area (Å²) in [5, 5.41) is 2.45. The van der Waals surface area contributed by atoms with Gasteiger partial charge >= 0.3 is 0 Å². The molecule has 0 aromatic heterocycles. The van der Waals surface area contributed by atoms with Gasteiger partial charge in [-0.2, -0.15) is 0 Å². The second-order valence-corrected chi connectivity index (χ2v) is 7.33. The van der Waals surface area contributed by atoms with E-state index in [1.807, 2.05) is 0 Å². The minimum absolute atomic E-state index is 0.0188. The van der Waals surface area contributed by atoms with Gasteiger partial charge in [0.1, 0.15) is 5.82 Å². The van der Waals surface area contributed by atoms with Crippen LogP contribution in [0.5, 0.6) is 0 Å². The number of benzene rings is 1. The number of carbonyl (C=O) groups is 1. The second-order valence-electron chi connectivity index (χ2n) is 4.94. The van der Waals surface area contributed by atoms with Gasteiger partial charge in [0.2, 0.25) is 15.9 Å². The Hall–Kier alpha value is -1.22. The highest BCUT2D eigenvalue weighted by Gasteiger charge is 2.17. The third kappa shape index (κ3) is 7.26. The summed E-state index contributed by atoms with van der Waals surface area (Å²) in [7, 11) is -1.87. The third-order valence-electron chi connectivity index (χ3n) is 3.02. The minimum atomic E-state index is -3.40. The Morgan fingerprint density at radius 3 is 2.65 bits per heavy atom. The van der Waals surface area contributed by atoms with Crippen LogP contribution in [0.1, 0.15) is 12.8 Å². The molecule has 0 radical (unpaired) electrons. The fraction of sp³-hybridized carbons (Fsp3) is 0.500. The van der Waals surface area contributed by atoms with Crippen molar-refractivity contribution in [2.45, 2.75) is 12.8 Å². The van der Waals surface area contributed by atoms with E-state index in [0.717, 1.165) is 12.3 Å². The second kappa shape index (κ2) is 9.17. The van der Waals surface area contributed by atoms with E-state index in [9.17, 15) is 17.6 Å². The topological polar surface area (TPSA) is 75.7 Å². The molecule has 1 amide bonds. The van der Waals surface area contributed by atoms with E-state index >= 15 is 0 Å². The Balaban J connectivity index is 2.55. The van der Waals surface area contributed by atoms with Crippen LogP contribution < -0.4 is 5.32 Å². The molecule has 0 fully saturated rings. The van der Waals surface area contributed by atoms with Crippen LogP contribution in [-0.2, 0) is 19.6 Å². The van der Waals surface area contributed by atoms with Gasteiger partial charge in [0.05, 0.1) is 11.3 Å². The molecule has 0 aliphatic carbocycles. The molecule has 9 heteroatoms. The largest absolute Gasteiger partial charge is 0.385 e. The van der Waals surface area contributed by atoms with Crippen molar-refractivity contribution in [3.63, 3.8) is 0 Å². The number of amides is 1. The molecule has 0 heterocycles. The molecule has 0 aliphatic rings. The van der Waals surface area contributed by atoms with Crippen LogP contribution in [0.25, 0.3) is 0 Å². The highest BCUT2D eigenvalue weighted by molar-refractivity contribution is 7.88. The Labute approximate surface area is 140 Å². The zero-order chi connectivity index (χ0) is 17.5. The molecule has 0 saturated carbocycles. The molecule has 0 saturated heterocycles. The van der Waals surface area contributed by atoms with E-state index < -0.39 is 15.8 Å². The zero-order valence-corrected chi connectivity index (χ0v) is 14.6. The van der Waals surface area contributed by atoms with Crippen LogP contribution in [-0.4, -0.2) is 51.7 Å². The maximum Gasteiger partial charge on any atom is 0.225 e. The first-order chi connectivity index (χ1) is 10.7. The number of hydrogen-bond donors (Lipinski definition) is 1. The van der Waals surface area contributed by atoms with Crippen molar-refractivity contribution in [2.75, 3.05) is 38.4 Å². The summed E-state index contributed by atoms with van der Waals surface area (Å²) in [5.74, 6) is -0.959. The number of ether oxygens (including phenoxy) is 1. The smallest absolute Gasteiger partial charge is 0.225 e. The Bertz CT molecular complexity index is 640. The summed E-state index contributed by atoms with van der Waals surface area (Å²) < 4.78 is 42.5. The molecule has 1 aromatic rings. The van der Waals surface area contributed by atoms with Crippen LogP contribution in [0.4, 0.5) is 10.1 Å². The lowest BCUT2D eigenvalue weighted by atomic mass is 10.3. The number of rotatable bonds is 9. The monoisotopic (exact) mass is 366 g/mol. The van der Waals surface area contributed by atoms with Gasteiger partial charge in [-0.15, -0.1) is 0 Å².